The maximum absolute atomic E-state index is 3.22. The molecule has 1 heterocycles. The van der Waals surface area contributed by atoms with Gasteiger partial charge in [0.05, 0.1) is 0 Å². The van der Waals surface area contributed by atoms with Crippen molar-refractivity contribution in [2.75, 3.05) is 26.2 Å². The second-order valence-electron chi connectivity index (χ2n) is 1.50. The zero-order valence-corrected chi connectivity index (χ0v) is 9.36. The minimum atomic E-state index is 0. The van der Waals surface area contributed by atoms with E-state index >= 15 is 0 Å². The Bertz CT molecular complexity index is 29.5. The summed E-state index contributed by atoms with van der Waals surface area (Å²) in [6.07, 6.45) is 0. The third-order valence-electron chi connectivity index (χ3n) is 0.957. The van der Waals surface area contributed by atoms with Crippen molar-refractivity contribution >= 4 is 0 Å². The van der Waals surface area contributed by atoms with Gasteiger partial charge in [-0.05, 0) is 0 Å². The van der Waals surface area contributed by atoms with Gasteiger partial charge in [-0.2, -0.15) is 0 Å². The van der Waals surface area contributed by atoms with Crippen LogP contribution in [0.25, 0.3) is 0 Å². The van der Waals surface area contributed by atoms with Crippen molar-refractivity contribution in [1.29, 1.82) is 0 Å². The van der Waals surface area contributed by atoms with Crippen LogP contribution in [0.2, 0.25) is 0 Å². The van der Waals surface area contributed by atoms with Crippen molar-refractivity contribution in [3.05, 3.63) is 0 Å². The van der Waals surface area contributed by atoms with E-state index in [9.17, 15) is 0 Å². The van der Waals surface area contributed by atoms with Crippen molar-refractivity contribution in [3.63, 3.8) is 0 Å². The van der Waals surface area contributed by atoms with Crippen LogP contribution in [-0.4, -0.2) is 26.2 Å². The molecule has 0 unspecified atom stereocenters. The Hall–Kier alpha value is 1.65. The zero-order valence-electron chi connectivity index (χ0n) is 5.21. The van der Waals surface area contributed by atoms with Crippen LogP contribution in [0.15, 0.2) is 0 Å². The second kappa shape index (κ2) is 8.65. The van der Waals surface area contributed by atoms with Crippen LogP contribution in [0.3, 0.4) is 0 Å². The molecule has 0 spiro atoms. The number of hydrogen-bond acceptors (Lipinski definition) is 2. The molecule has 2 nitrogen and oxygen atoms in total. The van der Waals surface area contributed by atoms with E-state index in [1.54, 1.807) is 0 Å². The number of piperazine rings is 1. The largest absolute Gasteiger partial charge is 1.00 e. The first kappa shape index (κ1) is 12.3. The van der Waals surface area contributed by atoms with Gasteiger partial charge in [0.25, 0.3) is 0 Å². The summed E-state index contributed by atoms with van der Waals surface area (Å²) < 4.78 is 0. The summed E-state index contributed by atoms with van der Waals surface area (Å²) in [5.41, 5.74) is 0. The molecule has 1 fully saturated rings. The third-order valence-corrected chi connectivity index (χ3v) is 0.957. The van der Waals surface area contributed by atoms with Crippen molar-refractivity contribution in [1.82, 2.24) is 10.6 Å². The fourth-order valence-corrected chi connectivity index (χ4v) is 0.604. The van der Waals surface area contributed by atoms with Crippen molar-refractivity contribution in [2.45, 2.75) is 0 Å². The van der Waals surface area contributed by atoms with E-state index < -0.39 is 0 Å². The Balaban J connectivity index is 0. The summed E-state index contributed by atoms with van der Waals surface area (Å²) in [7, 11) is 0. The van der Waals surface area contributed by atoms with E-state index in [-0.39, 0.29) is 53.5 Å². The average molecular weight is 236 g/mol. The first-order valence-corrected chi connectivity index (χ1v) is 2.41. The minimum Gasteiger partial charge on any atom is -1.00 e. The minimum absolute atomic E-state index is 0. The van der Waals surface area contributed by atoms with E-state index in [4.69, 9.17) is 0 Å². The van der Waals surface area contributed by atoms with Crippen LogP contribution in [0, 0.1) is 0 Å². The summed E-state index contributed by atoms with van der Waals surface area (Å²) in [5, 5.41) is 6.44. The van der Waals surface area contributed by atoms with Gasteiger partial charge in [-0.1, -0.05) is 0 Å². The van der Waals surface area contributed by atoms with Crippen LogP contribution in [0.4, 0.5) is 0 Å². The normalized spacial score (nSPS) is 18.0. The second-order valence-corrected chi connectivity index (χ2v) is 1.50. The Kier molecular flexibility index (Phi) is 13.3. The van der Waals surface area contributed by atoms with Gasteiger partial charge in [0.2, 0.25) is 0 Å². The van der Waals surface area contributed by atoms with Gasteiger partial charge < -0.3 is 34.6 Å². The summed E-state index contributed by atoms with van der Waals surface area (Å²) in [5.74, 6) is 0. The molecule has 0 aliphatic carbocycles. The maximum atomic E-state index is 3.22. The fourth-order valence-electron chi connectivity index (χ4n) is 0.604. The average Bonchev–Trinajstić information content (AvgIpc) is 1.72. The molecule has 0 bridgehead atoms. The van der Waals surface area contributed by atoms with E-state index in [1.807, 2.05) is 0 Å². The van der Waals surface area contributed by atoms with Gasteiger partial charge in [-0.15, -0.1) is 0 Å². The van der Waals surface area contributed by atoms with Gasteiger partial charge in [0.15, 0.2) is 0 Å². The van der Waals surface area contributed by atoms with Crippen molar-refractivity contribution < 1.29 is 53.5 Å². The molecule has 1 aliphatic heterocycles. The Labute approximate surface area is 89.5 Å². The van der Waals surface area contributed by atoms with E-state index in [2.05, 4.69) is 10.6 Å². The van der Waals surface area contributed by atoms with Gasteiger partial charge >= 0.3 is 29.6 Å². The van der Waals surface area contributed by atoms with Gasteiger partial charge in [-0.25, -0.2) is 0 Å². The van der Waals surface area contributed by atoms with Crippen LogP contribution < -0.4 is 64.2 Å². The molecule has 0 aromatic rings. The number of rotatable bonds is 0. The molecule has 0 atom stereocenters. The molecule has 0 aromatic carbocycles. The molecule has 0 radical (unpaired) electrons. The Morgan fingerprint density at radius 2 is 1.00 bits per heavy atom. The standard InChI is InChI=1S/C4H10N2.HI.Na/c1-2-6-4-3-5-1;;/h5-6H,1-4H2;1H;/q;;+1/p-1. The first-order valence-electron chi connectivity index (χ1n) is 2.41. The van der Waals surface area contributed by atoms with E-state index in [1.165, 1.54) is 0 Å². The third kappa shape index (κ3) is 5.78. The summed E-state index contributed by atoms with van der Waals surface area (Å²) in [6, 6.07) is 0. The Morgan fingerprint density at radius 1 is 0.750 bits per heavy atom. The zero-order chi connectivity index (χ0) is 4.24. The van der Waals surface area contributed by atoms with Crippen LogP contribution in [0.1, 0.15) is 0 Å². The van der Waals surface area contributed by atoms with E-state index in [0.29, 0.717) is 0 Å². The van der Waals surface area contributed by atoms with Crippen molar-refractivity contribution in [3.8, 4) is 0 Å². The smallest absolute Gasteiger partial charge is 1.00 e. The van der Waals surface area contributed by atoms with Crippen LogP contribution >= 0.6 is 0 Å². The predicted octanol–water partition coefficient (Wildman–Crippen LogP) is -6.81. The first-order chi connectivity index (χ1) is 3.00. The van der Waals surface area contributed by atoms with Gasteiger partial charge in [0, 0.05) is 26.2 Å². The monoisotopic (exact) mass is 236 g/mol. The molecule has 1 aliphatic rings. The topological polar surface area (TPSA) is 24.1 Å². The molecule has 8 heavy (non-hydrogen) atoms. The molecule has 1 rings (SSSR count). The SMILES string of the molecule is C1CNCCN1.[I-].[Na+]. The van der Waals surface area contributed by atoms with E-state index in [0.717, 1.165) is 26.2 Å². The molecular weight excluding hydrogens is 226 g/mol. The fraction of sp³-hybridized carbons (Fsp3) is 1.00. The number of nitrogens with one attached hydrogen (secondary N) is 2. The molecule has 4 heteroatoms. The van der Waals surface area contributed by atoms with Crippen LogP contribution in [0.5, 0.6) is 0 Å². The summed E-state index contributed by atoms with van der Waals surface area (Å²) in [4.78, 5) is 0. The molecule has 44 valence electrons. The summed E-state index contributed by atoms with van der Waals surface area (Å²) in [6.45, 7) is 4.56. The van der Waals surface area contributed by atoms with Crippen molar-refractivity contribution in [2.24, 2.45) is 0 Å². The molecule has 1 saturated heterocycles. The van der Waals surface area contributed by atoms with Gasteiger partial charge in [0.1, 0.15) is 0 Å². The number of hydrogen-bond donors (Lipinski definition) is 2. The number of halogens is 1. The summed E-state index contributed by atoms with van der Waals surface area (Å²) >= 11 is 0. The molecule has 0 aromatic heterocycles. The molecule has 0 saturated carbocycles. The molecular formula is C4H10IN2Na. The van der Waals surface area contributed by atoms with Crippen LogP contribution in [-0.2, 0) is 0 Å². The van der Waals surface area contributed by atoms with Gasteiger partial charge in [-0.3, -0.25) is 0 Å². The Morgan fingerprint density at radius 3 is 1.12 bits per heavy atom. The maximum Gasteiger partial charge on any atom is 1.00 e. The molecule has 0 amide bonds. The predicted molar refractivity (Wildman–Crippen MR) is 25.7 cm³/mol. The quantitative estimate of drug-likeness (QED) is 0.323. The molecule has 2 N–H and O–H groups in total.